The second-order valence-electron chi connectivity index (χ2n) is 4.80. The second kappa shape index (κ2) is 3.87. The summed E-state index contributed by atoms with van der Waals surface area (Å²) in [6.45, 7) is 3.18. The number of aromatic amines is 1. The predicted molar refractivity (Wildman–Crippen MR) is 84.7 cm³/mol. The van der Waals surface area contributed by atoms with E-state index in [0.717, 1.165) is 11.0 Å². The average Bonchev–Trinajstić information content (AvgIpc) is 2.99. The molecule has 0 saturated heterocycles. The summed E-state index contributed by atoms with van der Waals surface area (Å²) >= 11 is 3.59. The van der Waals surface area contributed by atoms with E-state index in [1.165, 1.54) is 32.7 Å². The van der Waals surface area contributed by atoms with E-state index in [0.29, 0.717) is 0 Å². The molecule has 0 aliphatic rings. The lowest BCUT2D eigenvalue weighted by atomic mass is 10.1. The molecule has 4 aromatic rings. The van der Waals surface area contributed by atoms with Crippen LogP contribution in [0.25, 0.3) is 32.7 Å². The quantitative estimate of drug-likeness (QED) is 0.507. The largest absolute Gasteiger partial charge is 0.361 e. The summed E-state index contributed by atoms with van der Waals surface area (Å²) in [4.78, 5) is 3.30. The van der Waals surface area contributed by atoms with Crippen LogP contribution in [0, 0.1) is 0 Å². The Labute approximate surface area is 119 Å². The zero-order valence-electron chi connectivity index (χ0n) is 10.6. The van der Waals surface area contributed by atoms with E-state index in [4.69, 9.17) is 0 Å². The highest BCUT2D eigenvalue weighted by molar-refractivity contribution is 9.10. The molecule has 0 atom stereocenters. The van der Waals surface area contributed by atoms with Gasteiger partial charge in [-0.05, 0) is 43.3 Å². The Morgan fingerprint density at radius 3 is 2.74 bits per heavy atom. The van der Waals surface area contributed by atoms with Crippen molar-refractivity contribution in [3.8, 4) is 0 Å². The van der Waals surface area contributed by atoms with Gasteiger partial charge in [-0.2, -0.15) is 0 Å². The topological polar surface area (TPSA) is 20.7 Å². The summed E-state index contributed by atoms with van der Waals surface area (Å²) in [7, 11) is 0. The van der Waals surface area contributed by atoms with Gasteiger partial charge in [0.25, 0.3) is 0 Å². The summed E-state index contributed by atoms with van der Waals surface area (Å²) in [5.41, 5.74) is 3.81. The first-order valence-electron chi connectivity index (χ1n) is 6.47. The van der Waals surface area contributed by atoms with Crippen molar-refractivity contribution in [2.75, 3.05) is 0 Å². The van der Waals surface area contributed by atoms with Crippen LogP contribution in [-0.2, 0) is 6.54 Å². The maximum atomic E-state index is 3.59. The van der Waals surface area contributed by atoms with E-state index in [1.54, 1.807) is 0 Å². The summed E-state index contributed by atoms with van der Waals surface area (Å²) in [6.07, 6.45) is 2.01. The standard InChI is InChI=1S/C16H13BrN2/c1-2-19-14-5-3-10(17)9-12(14)16-11-7-8-18-13(11)4-6-15(16)19/h3-9,18H,2H2,1H3. The Morgan fingerprint density at radius 1 is 1.05 bits per heavy atom. The summed E-state index contributed by atoms with van der Waals surface area (Å²) in [6, 6.07) is 13.1. The maximum absolute atomic E-state index is 3.59. The lowest BCUT2D eigenvalue weighted by Crippen LogP contribution is -1.92. The first kappa shape index (κ1) is 11.1. The minimum atomic E-state index is 0.984. The summed E-state index contributed by atoms with van der Waals surface area (Å²) in [5.74, 6) is 0. The van der Waals surface area contributed by atoms with Crippen LogP contribution in [0.5, 0.6) is 0 Å². The van der Waals surface area contributed by atoms with Crippen molar-refractivity contribution >= 4 is 48.6 Å². The van der Waals surface area contributed by atoms with Crippen molar-refractivity contribution in [2.24, 2.45) is 0 Å². The van der Waals surface area contributed by atoms with Gasteiger partial charge in [0.15, 0.2) is 0 Å². The highest BCUT2D eigenvalue weighted by Crippen LogP contribution is 2.35. The van der Waals surface area contributed by atoms with Gasteiger partial charge in [0.1, 0.15) is 0 Å². The number of H-pyrrole nitrogens is 1. The zero-order chi connectivity index (χ0) is 13.0. The molecule has 2 aromatic heterocycles. The number of benzene rings is 2. The Hall–Kier alpha value is -1.74. The molecule has 0 spiro atoms. The molecular formula is C16H13BrN2. The van der Waals surface area contributed by atoms with Gasteiger partial charge in [-0.3, -0.25) is 0 Å². The molecule has 19 heavy (non-hydrogen) atoms. The minimum Gasteiger partial charge on any atom is -0.361 e. The number of fused-ring (bicyclic) bond motifs is 5. The molecule has 3 heteroatoms. The van der Waals surface area contributed by atoms with Gasteiger partial charge in [-0.25, -0.2) is 0 Å². The van der Waals surface area contributed by atoms with E-state index in [9.17, 15) is 0 Å². The summed E-state index contributed by atoms with van der Waals surface area (Å²) in [5, 5.41) is 3.96. The molecule has 0 aliphatic carbocycles. The van der Waals surface area contributed by atoms with Gasteiger partial charge < -0.3 is 9.55 Å². The fourth-order valence-electron chi connectivity index (χ4n) is 3.04. The Kier molecular flexibility index (Phi) is 2.27. The number of halogens is 1. The van der Waals surface area contributed by atoms with Crippen molar-refractivity contribution in [1.29, 1.82) is 0 Å². The van der Waals surface area contributed by atoms with Crippen LogP contribution in [0.15, 0.2) is 47.1 Å². The zero-order valence-corrected chi connectivity index (χ0v) is 12.2. The Morgan fingerprint density at radius 2 is 1.89 bits per heavy atom. The monoisotopic (exact) mass is 312 g/mol. The number of aryl methyl sites for hydroxylation is 1. The van der Waals surface area contributed by atoms with Crippen LogP contribution < -0.4 is 0 Å². The van der Waals surface area contributed by atoms with Crippen molar-refractivity contribution in [2.45, 2.75) is 13.5 Å². The third-order valence-corrected chi connectivity index (χ3v) is 4.33. The van der Waals surface area contributed by atoms with Crippen LogP contribution in [0.4, 0.5) is 0 Å². The van der Waals surface area contributed by atoms with E-state index < -0.39 is 0 Å². The fourth-order valence-corrected chi connectivity index (χ4v) is 3.41. The number of rotatable bonds is 1. The van der Waals surface area contributed by atoms with E-state index >= 15 is 0 Å². The molecular weight excluding hydrogens is 300 g/mol. The lowest BCUT2D eigenvalue weighted by molar-refractivity contribution is 0.827. The highest BCUT2D eigenvalue weighted by Gasteiger charge is 2.12. The smallest absolute Gasteiger partial charge is 0.0498 e. The van der Waals surface area contributed by atoms with Crippen LogP contribution in [-0.4, -0.2) is 9.55 Å². The van der Waals surface area contributed by atoms with Gasteiger partial charge in [-0.15, -0.1) is 0 Å². The second-order valence-corrected chi connectivity index (χ2v) is 5.72. The van der Waals surface area contributed by atoms with Crippen LogP contribution >= 0.6 is 15.9 Å². The van der Waals surface area contributed by atoms with E-state index in [2.05, 4.69) is 68.8 Å². The fraction of sp³-hybridized carbons (Fsp3) is 0.125. The van der Waals surface area contributed by atoms with Gasteiger partial charge in [0.05, 0.1) is 0 Å². The summed E-state index contributed by atoms with van der Waals surface area (Å²) < 4.78 is 3.51. The molecule has 0 saturated carbocycles. The van der Waals surface area contributed by atoms with Crippen LogP contribution in [0.3, 0.4) is 0 Å². The van der Waals surface area contributed by atoms with Gasteiger partial charge in [0, 0.05) is 49.9 Å². The van der Waals surface area contributed by atoms with Crippen molar-refractivity contribution in [1.82, 2.24) is 9.55 Å². The molecule has 0 aliphatic heterocycles. The minimum absolute atomic E-state index is 0.984. The molecule has 4 rings (SSSR count). The van der Waals surface area contributed by atoms with Crippen molar-refractivity contribution in [3.63, 3.8) is 0 Å². The molecule has 2 nitrogen and oxygen atoms in total. The molecule has 94 valence electrons. The van der Waals surface area contributed by atoms with Crippen molar-refractivity contribution < 1.29 is 0 Å². The number of hydrogen-bond acceptors (Lipinski definition) is 0. The predicted octanol–water partition coefficient (Wildman–Crippen LogP) is 5.06. The third kappa shape index (κ3) is 1.42. The molecule has 1 N–H and O–H groups in total. The molecule has 0 amide bonds. The molecule has 2 heterocycles. The molecule has 0 fully saturated rings. The van der Waals surface area contributed by atoms with Crippen LogP contribution in [0.1, 0.15) is 6.92 Å². The Bertz CT molecular complexity index is 915. The first-order valence-corrected chi connectivity index (χ1v) is 7.26. The van der Waals surface area contributed by atoms with Gasteiger partial charge >= 0.3 is 0 Å². The number of aromatic nitrogens is 2. The molecule has 0 unspecified atom stereocenters. The van der Waals surface area contributed by atoms with Gasteiger partial charge in [0.2, 0.25) is 0 Å². The molecule has 2 aromatic carbocycles. The first-order chi connectivity index (χ1) is 9.29. The maximum Gasteiger partial charge on any atom is 0.0498 e. The molecule has 0 radical (unpaired) electrons. The van der Waals surface area contributed by atoms with Crippen molar-refractivity contribution in [3.05, 3.63) is 47.1 Å². The van der Waals surface area contributed by atoms with E-state index in [-0.39, 0.29) is 0 Å². The normalized spacial score (nSPS) is 11.9. The average molecular weight is 313 g/mol. The van der Waals surface area contributed by atoms with E-state index in [1.807, 2.05) is 6.20 Å². The third-order valence-electron chi connectivity index (χ3n) is 3.84. The SMILES string of the molecule is CCn1c2ccc(Br)cc2c2c3cc[nH]c3ccc21. The Balaban J connectivity index is 2.37. The molecule has 0 bridgehead atoms. The number of nitrogens with one attached hydrogen (secondary N) is 1. The van der Waals surface area contributed by atoms with Crippen LogP contribution in [0.2, 0.25) is 0 Å². The van der Waals surface area contributed by atoms with Gasteiger partial charge in [-0.1, -0.05) is 15.9 Å². The number of hydrogen-bond donors (Lipinski definition) is 1. The number of nitrogens with zero attached hydrogens (tertiary/aromatic N) is 1. The highest BCUT2D eigenvalue weighted by atomic mass is 79.9. The lowest BCUT2D eigenvalue weighted by Gasteiger charge is -2.02.